The average Bonchev–Trinajstić information content (AvgIpc) is 2.62. The lowest BCUT2D eigenvalue weighted by molar-refractivity contribution is -0.122. The zero-order chi connectivity index (χ0) is 12.5. The second kappa shape index (κ2) is 8.48. The first-order chi connectivity index (χ1) is 8.27. The fourth-order valence-electron chi connectivity index (χ4n) is 2.57. The number of rotatable bonds is 6. The summed E-state index contributed by atoms with van der Waals surface area (Å²) >= 11 is 0. The van der Waals surface area contributed by atoms with E-state index in [-0.39, 0.29) is 5.91 Å². The molecule has 0 aromatic rings. The van der Waals surface area contributed by atoms with Crippen LogP contribution in [0.15, 0.2) is 0 Å². The molecule has 0 unspecified atom stereocenters. The summed E-state index contributed by atoms with van der Waals surface area (Å²) in [7, 11) is 1.70. The van der Waals surface area contributed by atoms with Gasteiger partial charge in [-0.25, -0.2) is 0 Å². The van der Waals surface area contributed by atoms with Gasteiger partial charge in [0.25, 0.3) is 0 Å². The fraction of sp³-hybridized carbons (Fsp3) is 0.923. The highest BCUT2D eigenvalue weighted by Gasteiger charge is 2.21. The molecule has 0 aromatic carbocycles. The fourth-order valence-corrected chi connectivity index (χ4v) is 2.57. The van der Waals surface area contributed by atoms with Crippen LogP contribution < -0.4 is 11.1 Å². The highest BCUT2D eigenvalue weighted by atomic mass is 16.1. The second-order valence-corrected chi connectivity index (χ2v) is 4.93. The Morgan fingerprint density at radius 2 is 1.94 bits per heavy atom. The molecule has 0 bridgehead atoms. The van der Waals surface area contributed by atoms with Crippen molar-refractivity contribution in [1.29, 1.82) is 0 Å². The molecule has 0 radical (unpaired) electrons. The SMILES string of the molecule is CNC(=O)CN(CCCN)C1CCCCCC1. The normalized spacial score (nSPS) is 18.1. The third-order valence-corrected chi connectivity index (χ3v) is 3.62. The highest BCUT2D eigenvalue weighted by Crippen LogP contribution is 2.21. The van der Waals surface area contributed by atoms with Crippen molar-refractivity contribution in [3.63, 3.8) is 0 Å². The molecule has 4 heteroatoms. The average molecular weight is 241 g/mol. The number of hydrogen-bond acceptors (Lipinski definition) is 3. The maximum atomic E-state index is 11.5. The molecule has 100 valence electrons. The first kappa shape index (κ1) is 14.5. The number of nitrogens with two attached hydrogens (primary N) is 1. The predicted molar refractivity (Wildman–Crippen MR) is 70.8 cm³/mol. The van der Waals surface area contributed by atoms with Crippen molar-refractivity contribution >= 4 is 5.91 Å². The summed E-state index contributed by atoms with van der Waals surface area (Å²) in [5, 5.41) is 2.71. The van der Waals surface area contributed by atoms with Crippen molar-refractivity contribution in [1.82, 2.24) is 10.2 Å². The number of carbonyl (C=O) groups is 1. The highest BCUT2D eigenvalue weighted by molar-refractivity contribution is 5.77. The zero-order valence-electron chi connectivity index (χ0n) is 11.1. The Morgan fingerprint density at radius 3 is 2.47 bits per heavy atom. The summed E-state index contributed by atoms with van der Waals surface area (Å²) in [5.41, 5.74) is 5.57. The smallest absolute Gasteiger partial charge is 0.233 e. The van der Waals surface area contributed by atoms with E-state index in [1.54, 1.807) is 7.05 Å². The van der Waals surface area contributed by atoms with Gasteiger partial charge in [0, 0.05) is 19.6 Å². The van der Waals surface area contributed by atoms with Crippen molar-refractivity contribution < 1.29 is 4.79 Å². The van der Waals surface area contributed by atoms with Crippen molar-refractivity contribution in [2.24, 2.45) is 5.73 Å². The molecule has 4 nitrogen and oxygen atoms in total. The molecular weight excluding hydrogens is 214 g/mol. The first-order valence-electron chi connectivity index (χ1n) is 6.92. The van der Waals surface area contributed by atoms with Gasteiger partial charge in [0.2, 0.25) is 5.91 Å². The lowest BCUT2D eigenvalue weighted by atomic mass is 10.1. The van der Waals surface area contributed by atoms with Crippen LogP contribution in [0.4, 0.5) is 0 Å². The third-order valence-electron chi connectivity index (χ3n) is 3.62. The molecule has 1 amide bonds. The van der Waals surface area contributed by atoms with Gasteiger partial charge in [-0.3, -0.25) is 9.69 Å². The molecular formula is C13H27N3O. The monoisotopic (exact) mass is 241 g/mol. The zero-order valence-corrected chi connectivity index (χ0v) is 11.1. The van der Waals surface area contributed by atoms with Gasteiger partial charge in [-0.2, -0.15) is 0 Å². The van der Waals surface area contributed by atoms with E-state index in [9.17, 15) is 4.79 Å². The van der Waals surface area contributed by atoms with Crippen LogP contribution in [-0.2, 0) is 4.79 Å². The molecule has 3 N–H and O–H groups in total. The lowest BCUT2D eigenvalue weighted by Gasteiger charge is -2.30. The summed E-state index contributed by atoms with van der Waals surface area (Å²) in [6, 6.07) is 0.585. The summed E-state index contributed by atoms with van der Waals surface area (Å²) in [4.78, 5) is 13.9. The molecule has 0 aromatic heterocycles. The summed E-state index contributed by atoms with van der Waals surface area (Å²) in [6.45, 7) is 2.19. The van der Waals surface area contributed by atoms with Crippen molar-refractivity contribution in [2.75, 3.05) is 26.7 Å². The van der Waals surface area contributed by atoms with Crippen LogP contribution in [0.2, 0.25) is 0 Å². The molecule has 1 aliphatic carbocycles. The number of hydrogen-bond donors (Lipinski definition) is 2. The number of amides is 1. The van der Waals surface area contributed by atoms with Gasteiger partial charge in [0.05, 0.1) is 6.54 Å². The van der Waals surface area contributed by atoms with E-state index in [0.29, 0.717) is 19.1 Å². The number of nitrogens with one attached hydrogen (secondary N) is 1. The van der Waals surface area contributed by atoms with E-state index in [2.05, 4.69) is 10.2 Å². The Morgan fingerprint density at radius 1 is 1.29 bits per heavy atom. The minimum absolute atomic E-state index is 0.117. The molecule has 1 aliphatic rings. The van der Waals surface area contributed by atoms with Crippen molar-refractivity contribution in [3.05, 3.63) is 0 Å². The van der Waals surface area contributed by atoms with E-state index in [4.69, 9.17) is 5.73 Å². The van der Waals surface area contributed by atoms with Crippen LogP contribution in [0.5, 0.6) is 0 Å². The van der Waals surface area contributed by atoms with E-state index < -0.39 is 0 Å². The van der Waals surface area contributed by atoms with E-state index in [1.807, 2.05) is 0 Å². The summed E-state index contributed by atoms with van der Waals surface area (Å²) in [6.07, 6.45) is 8.76. The van der Waals surface area contributed by atoms with Gasteiger partial charge in [-0.15, -0.1) is 0 Å². The molecule has 0 spiro atoms. The molecule has 0 aliphatic heterocycles. The Labute approximate surface area is 105 Å². The third kappa shape index (κ3) is 5.50. The summed E-state index contributed by atoms with van der Waals surface area (Å²) < 4.78 is 0. The lowest BCUT2D eigenvalue weighted by Crippen LogP contribution is -2.43. The van der Waals surface area contributed by atoms with Gasteiger partial charge in [-0.05, 0) is 25.8 Å². The molecule has 0 heterocycles. The molecule has 17 heavy (non-hydrogen) atoms. The quantitative estimate of drug-likeness (QED) is 0.685. The molecule has 1 rings (SSSR count). The van der Waals surface area contributed by atoms with Crippen LogP contribution in [-0.4, -0.2) is 43.5 Å². The minimum Gasteiger partial charge on any atom is -0.358 e. The molecule has 0 atom stereocenters. The van der Waals surface area contributed by atoms with Gasteiger partial charge in [-0.1, -0.05) is 25.7 Å². The van der Waals surface area contributed by atoms with Crippen LogP contribution in [0.25, 0.3) is 0 Å². The van der Waals surface area contributed by atoms with Crippen LogP contribution in [0, 0.1) is 0 Å². The van der Waals surface area contributed by atoms with Gasteiger partial charge >= 0.3 is 0 Å². The standard InChI is InChI=1S/C13H27N3O/c1-15-13(17)11-16(10-6-9-14)12-7-4-2-3-5-8-12/h12H,2-11,14H2,1H3,(H,15,17). The minimum atomic E-state index is 0.117. The van der Waals surface area contributed by atoms with Gasteiger partial charge < -0.3 is 11.1 Å². The predicted octanol–water partition coefficient (Wildman–Crippen LogP) is 1.11. The molecule has 1 fully saturated rings. The first-order valence-corrected chi connectivity index (χ1v) is 6.92. The Bertz CT molecular complexity index is 213. The van der Waals surface area contributed by atoms with Crippen LogP contribution >= 0.6 is 0 Å². The maximum absolute atomic E-state index is 11.5. The second-order valence-electron chi connectivity index (χ2n) is 4.93. The number of nitrogens with zero attached hydrogens (tertiary/aromatic N) is 1. The topological polar surface area (TPSA) is 58.4 Å². The Balaban J connectivity index is 2.49. The number of carbonyl (C=O) groups excluding carboxylic acids is 1. The number of likely N-dealkylation sites (N-methyl/N-ethyl adjacent to an activating group) is 1. The van der Waals surface area contributed by atoms with Crippen LogP contribution in [0.3, 0.4) is 0 Å². The Kier molecular flexibility index (Phi) is 7.21. The molecule has 0 saturated heterocycles. The maximum Gasteiger partial charge on any atom is 0.233 e. The van der Waals surface area contributed by atoms with Crippen molar-refractivity contribution in [2.45, 2.75) is 51.0 Å². The van der Waals surface area contributed by atoms with Gasteiger partial charge in [0.15, 0.2) is 0 Å². The molecule has 1 saturated carbocycles. The van der Waals surface area contributed by atoms with E-state index in [1.165, 1.54) is 38.5 Å². The largest absolute Gasteiger partial charge is 0.358 e. The summed E-state index contributed by atoms with van der Waals surface area (Å²) in [5.74, 6) is 0.117. The van der Waals surface area contributed by atoms with E-state index in [0.717, 1.165) is 13.0 Å². The van der Waals surface area contributed by atoms with Crippen LogP contribution in [0.1, 0.15) is 44.9 Å². The van der Waals surface area contributed by atoms with Gasteiger partial charge in [0.1, 0.15) is 0 Å². The Hall–Kier alpha value is -0.610. The van der Waals surface area contributed by atoms with E-state index >= 15 is 0 Å². The van der Waals surface area contributed by atoms with Crippen molar-refractivity contribution in [3.8, 4) is 0 Å².